The maximum absolute atomic E-state index is 13.3. The standard InChI is InChI=1S/C24H17FN4O2S2/c1-13-20(33-22(27-13)16-8-10-17(25)11-9-16)21(30)28-29-12-26-23-19(24(29)31)18(14(2)32-23)15-6-4-3-5-7-15/h3-12H,1-2H3,(H,28,30). The van der Waals surface area contributed by atoms with Gasteiger partial charge in [-0.15, -0.1) is 22.7 Å². The molecular weight excluding hydrogens is 459 g/mol. The Bertz CT molecular complexity index is 1550. The van der Waals surface area contributed by atoms with Crippen LogP contribution in [-0.2, 0) is 0 Å². The smallest absolute Gasteiger partial charge is 0.267 e. The number of benzene rings is 2. The van der Waals surface area contributed by atoms with Crippen molar-refractivity contribution in [2.45, 2.75) is 13.8 Å². The second kappa shape index (κ2) is 8.34. The Morgan fingerprint density at radius 1 is 1.00 bits per heavy atom. The summed E-state index contributed by atoms with van der Waals surface area (Å²) in [6, 6.07) is 15.6. The van der Waals surface area contributed by atoms with Crippen molar-refractivity contribution in [2.75, 3.05) is 5.43 Å². The van der Waals surface area contributed by atoms with E-state index in [-0.39, 0.29) is 11.4 Å². The van der Waals surface area contributed by atoms with Gasteiger partial charge in [0.2, 0.25) is 0 Å². The lowest BCUT2D eigenvalue weighted by atomic mass is 10.0. The van der Waals surface area contributed by atoms with Gasteiger partial charge in [-0.1, -0.05) is 30.3 Å². The Hall–Kier alpha value is -3.69. The highest BCUT2D eigenvalue weighted by Gasteiger charge is 2.20. The monoisotopic (exact) mass is 476 g/mol. The fourth-order valence-electron chi connectivity index (χ4n) is 3.62. The van der Waals surface area contributed by atoms with E-state index < -0.39 is 5.91 Å². The van der Waals surface area contributed by atoms with Gasteiger partial charge in [-0.2, -0.15) is 0 Å². The van der Waals surface area contributed by atoms with Crippen molar-refractivity contribution in [1.82, 2.24) is 14.6 Å². The molecule has 1 N–H and O–H groups in total. The summed E-state index contributed by atoms with van der Waals surface area (Å²) < 4.78 is 14.3. The molecular formula is C24H17FN4O2S2. The molecule has 0 radical (unpaired) electrons. The van der Waals surface area contributed by atoms with Gasteiger partial charge in [0.15, 0.2) is 0 Å². The van der Waals surface area contributed by atoms with E-state index in [1.165, 1.54) is 41.1 Å². The molecule has 0 bridgehead atoms. The molecule has 1 amide bonds. The third-order valence-corrected chi connectivity index (χ3v) is 7.39. The van der Waals surface area contributed by atoms with Crippen molar-refractivity contribution in [3.63, 3.8) is 0 Å². The lowest BCUT2D eigenvalue weighted by Crippen LogP contribution is -2.33. The zero-order chi connectivity index (χ0) is 23.1. The molecule has 9 heteroatoms. The van der Waals surface area contributed by atoms with Gasteiger partial charge >= 0.3 is 0 Å². The molecule has 2 aromatic carbocycles. The van der Waals surface area contributed by atoms with Crippen LogP contribution in [0.3, 0.4) is 0 Å². The number of rotatable bonds is 4. The Balaban J connectivity index is 1.51. The van der Waals surface area contributed by atoms with Crippen LogP contribution >= 0.6 is 22.7 Å². The number of hydrogen-bond donors (Lipinski definition) is 1. The Morgan fingerprint density at radius 2 is 1.73 bits per heavy atom. The molecule has 5 aromatic rings. The average Bonchev–Trinajstić information content (AvgIpc) is 3.36. The van der Waals surface area contributed by atoms with E-state index in [2.05, 4.69) is 15.4 Å². The van der Waals surface area contributed by atoms with Crippen molar-refractivity contribution in [1.29, 1.82) is 0 Å². The van der Waals surface area contributed by atoms with Crippen LogP contribution in [0.1, 0.15) is 20.2 Å². The van der Waals surface area contributed by atoms with Crippen molar-refractivity contribution >= 4 is 38.8 Å². The SMILES string of the molecule is Cc1nc(-c2ccc(F)cc2)sc1C(=O)Nn1cnc2sc(C)c(-c3ccccc3)c2c1=O. The van der Waals surface area contributed by atoms with Crippen LogP contribution in [0, 0.1) is 19.7 Å². The summed E-state index contributed by atoms with van der Waals surface area (Å²) in [6.07, 6.45) is 1.32. The number of aromatic nitrogens is 3. The summed E-state index contributed by atoms with van der Waals surface area (Å²) in [5.74, 6) is -0.805. The van der Waals surface area contributed by atoms with E-state index in [9.17, 15) is 14.0 Å². The topological polar surface area (TPSA) is 76.9 Å². The fourth-order valence-corrected chi connectivity index (χ4v) is 5.58. The van der Waals surface area contributed by atoms with Crippen molar-refractivity contribution in [3.8, 4) is 21.7 Å². The van der Waals surface area contributed by atoms with E-state index >= 15 is 0 Å². The number of aryl methyl sites for hydroxylation is 2. The van der Waals surface area contributed by atoms with Crippen LogP contribution in [0.5, 0.6) is 0 Å². The highest BCUT2D eigenvalue weighted by atomic mass is 32.1. The minimum absolute atomic E-state index is 0.342. The van der Waals surface area contributed by atoms with Crippen LogP contribution in [0.4, 0.5) is 4.39 Å². The average molecular weight is 477 g/mol. The molecule has 164 valence electrons. The van der Waals surface area contributed by atoms with Crippen LogP contribution in [0.2, 0.25) is 0 Å². The van der Waals surface area contributed by atoms with Crippen LogP contribution < -0.4 is 11.0 Å². The Morgan fingerprint density at radius 3 is 2.45 bits per heavy atom. The molecule has 5 rings (SSSR count). The highest BCUT2D eigenvalue weighted by molar-refractivity contribution is 7.19. The number of fused-ring (bicyclic) bond motifs is 1. The molecule has 0 aliphatic rings. The molecule has 0 saturated carbocycles. The maximum atomic E-state index is 13.3. The first-order valence-corrected chi connectivity index (χ1v) is 11.7. The number of carbonyl (C=O) groups is 1. The number of hydrogen-bond acceptors (Lipinski definition) is 6. The van der Waals surface area contributed by atoms with E-state index in [0.29, 0.717) is 31.4 Å². The molecule has 0 atom stereocenters. The molecule has 3 aromatic heterocycles. The van der Waals surface area contributed by atoms with Crippen LogP contribution in [0.15, 0.2) is 65.7 Å². The highest BCUT2D eigenvalue weighted by Crippen LogP contribution is 2.35. The molecule has 0 aliphatic carbocycles. The maximum Gasteiger partial charge on any atom is 0.282 e. The second-order valence-electron chi connectivity index (χ2n) is 7.38. The molecule has 0 unspecified atom stereocenters. The molecule has 0 aliphatic heterocycles. The first-order valence-electron chi connectivity index (χ1n) is 10.0. The van der Waals surface area contributed by atoms with Gasteiger partial charge in [0.1, 0.15) is 26.9 Å². The number of amides is 1. The number of thiazole rings is 1. The molecule has 6 nitrogen and oxygen atoms in total. The van der Waals surface area contributed by atoms with E-state index in [1.54, 1.807) is 19.1 Å². The lowest BCUT2D eigenvalue weighted by Gasteiger charge is -2.08. The molecule has 3 heterocycles. The summed E-state index contributed by atoms with van der Waals surface area (Å²) in [5.41, 5.74) is 5.27. The summed E-state index contributed by atoms with van der Waals surface area (Å²) in [7, 11) is 0. The minimum Gasteiger partial charge on any atom is -0.267 e. The van der Waals surface area contributed by atoms with E-state index in [0.717, 1.165) is 20.7 Å². The molecule has 0 saturated heterocycles. The first-order chi connectivity index (χ1) is 15.9. The number of nitrogens with one attached hydrogen (secondary N) is 1. The Labute approximate surface area is 196 Å². The van der Waals surface area contributed by atoms with Gasteiger partial charge < -0.3 is 0 Å². The third kappa shape index (κ3) is 3.85. The number of thiophene rings is 1. The summed E-state index contributed by atoms with van der Waals surface area (Å²) in [6.45, 7) is 3.67. The van der Waals surface area contributed by atoms with E-state index in [4.69, 9.17) is 0 Å². The zero-order valence-corrected chi connectivity index (χ0v) is 19.3. The third-order valence-electron chi connectivity index (χ3n) is 5.17. The largest absolute Gasteiger partial charge is 0.282 e. The molecule has 33 heavy (non-hydrogen) atoms. The Kier molecular flexibility index (Phi) is 5.35. The number of halogens is 1. The van der Waals surface area contributed by atoms with Gasteiger partial charge in [0.05, 0.1) is 11.1 Å². The normalized spacial score (nSPS) is 11.1. The first kappa shape index (κ1) is 21.2. The fraction of sp³-hybridized carbons (Fsp3) is 0.0833. The predicted octanol–water partition coefficient (Wildman–Crippen LogP) is 5.39. The van der Waals surface area contributed by atoms with Crippen LogP contribution in [-0.4, -0.2) is 20.6 Å². The van der Waals surface area contributed by atoms with E-state index in [1.807, 2.05) is 37.3 Å². The zero-order valence-electron chi connectivity index (χ0n) is 17.6. The lowest BCUT2D eigenvalue weighted by molar-refractivity contribution is 0.101. The van der Waals surface area contributed by atoms with Gasteiger partial charge in [0.25, 0.3) is 11.5 Å². The summed E-state index contributed by atoms with van der Waals surface area (Å²) >= 11 is 2.62. The molecule has 0 spiro atoms. The van der Waals surface area contributed by atoms with Crippen molar-refractivity contribution in [2.24, 2.45) is 0 Å². The second-order valence-corrected chi connectivity index (χ2v) is 9.58. The van der Waals surface area contributed by atoms with Crippen LogP contribution in [0.25, 0.3) is 31.9 Å². The van der Waals surface area contributed by atoms with Crippen molar-refractivity contribution < 1.29 is 9.18 Å². The van der Waals surface area contributed by atoms with Gasteiger partial charge in [-0.05, 0) is 43.7 Å². The minimum atomic E-state index is -0.463. The van der Waals surface area contributed by atoms with Gasteiger partial charge in [-0.25, -0.2) is 19.0 Å². The molecule has 0 fully saturated rings. The predicted molar refractivity (Wildman–Crippen MR) is 130 cm³/mol. The van der Waals surface area contributed by atoms with Gasteiger partial charge in [-0.3, -0.25) is 15.0 Å². The number of carbonyl (C=O) groups excluding carboxylic acids is 1. The summed E-state index contributed by atoms with van der Waals surface area (Å²) in [5, 5.41) is 1.07. The quantitative estimate of drug-likeness (QED) is 0.377. The van der Waals surface area contributed by atoms with Crippen molar-refractivity contribution in [3.05, 3.63) is 92.5 Å². The number of nitrogens with zero attached hydrogens (tertiary/aromatic N) is 3. The van der Waals surface area contributed by atoms with Gasteiger partial charge in [0, 0.05) is 16.0 Å². The summed E-state index contributed by atoms with van der Waals surface area (Å²) in [4.78, 5) is 37.1.